The van der Waals surface area contributed by atoms with Crippen LogP contribution in [-0.4, -0.2) is 37.2 Å². The van der Waals surface area contributed by atoms with Crippen LogP contribution in [0.25, 0.3) is 0 Å². The summed E-state index contributed by atoms with van der Waals surface area (Å²) in [5.41, 5.74) is -3.75. The molecule has 0 aromatic carbocycles. The lowest BCUT2D eigenvalue weighted by molar-refractivity contribution is -0.189. The van der Waals surface area contributed by atoms with Crippen molar-refractivity contribution >= 4 is 11.9 Å². The van der Waals surface area contributed by atoms with Gasteiger partial charge < -0.3 is 19.2 Å². The number of carbonyl (C=O) groups excluding carboxylic acids is 2. The van der Waals surface area contributed by atoms with Crippen LogP contribution in [0.3, 0.4) is 0 Å². The summed E-state index contributed by atoms with van der Waals surface area (Å²) < 4.78 is 28.5. The van der Waals surface area contributed by atoms with Crippen LogP contribution >= 0.6 is 0 Å². The van der Waals surface area contributed by atoms with Gasteiger partial charge in [0.2, 0.25) is 5.56 Å². The monoisotopic (exact) mass is 301 g/mol. The molecule has 8 heteroatoms. The van der Waals surface area contributed by atoms with Crippen molar-refractivity contribution in [1.29, 1.82) is 0 Å². The minimum absolute atomic E-state index is 0.0614. The van der Waals surface area contributed by atoms with Crippen LogP contribution in [-0.2, 0) is 29.4 Å². The van der Waals surface area contributed by atoms with E-state index < -0.39 is 34.5 Å². The largest absolute Gasteiger partial charge is 0.463 e. The number of rotatable bonds is 6. The first-order valence-electron chi connectivity index (χ1n) is 6.22. The molecule has 1 N–H and O–H groups in total. The van der Waals surface area contributed by atoms with E-state index in [1.807, 2.05) is 0 Å². The molecule has 7 nitrogen and oxygen atoms in total. The fraction of sp³-hybridized carbons (Fsp3) is 0.462. The Morgan fingerprint density at radius 1 is 1.24 bits per heavy atom. The lowest BCUT2D eigenvalue weighted by Gasteiger charge is -2.27. The Hall–Kier alpha value is -2.22. The van der Waals surface area contributed by atoms with Crippen LogP contribution < -0.4 is 5.56 Å². The Labute approximate surface area is 120 Å². The highest BCUT2D eigenvalue weighted by Crippen LogP contribution is 2.30. The van der Waals surface area contributed by atoms with Gasteiger partial charge in [-0.3, -0.25) is 4.79 Å². The molecule has 0 radical (unpaired) electrons. The molecule has 0 atom stereocenters. The van der Waals surface area contributed by atoms with E-state index >= 15 is 0 Å². The summed E-state index contributed by atoms with van der Waals surface area (Å²) >= 11 is 0. The smallest absolute Gasteiger partial charge is 0.355 e. The molecule has 116 valence electrons. The number of hydrogen-bond donors (Lipinski definition) is 1. The molecule has 0 unspecified atom stereocenters. The Morgan fingerprint density at radius 3 is 2.19 bits per heavy atom. The molecule has 0 saturated heterocycles. The maximum absolute atomic E-state index is 14.0. The summed E-state index contributed by atoms with van der Waals surface area (Å²) in [6, 6.07) is 0.757. The van der Waals surface area contributed by atoms with Crippen molar-refractivity contribution in [2.75, 3.05) is 20.3 Å². The maximum Gasteiger partial charge on any atom is 0.355 e. The Balaban J connectivity index is 3.55. The number of nitrogens with one attached hydrogen (secondary N) is 1. The van der Waals surface area contributed by atoms with E-state index in [1.54, 1.807) is 0 Å². The Morgan fingerprint density at radius 2 is 1.76 bits per heavy atom. The molecule has 1 rings (SSSR count). The molecule has 1 aromatic heterocycles. The van der Waals surface area contributed by atoms with E-state index in [4.69, 9.17) is 14.2 Å². The topological polar surface area (TPSA) is 94.7 Å². The van der Waals surface area contributed by atoms with Crippen LogP contribution in [0.5, 0.6) is 0 Å². The molecule has 0 fully saturated rings. The fourth-order valence-electron chi connectivity index (χ4n) is 1.77. The summed E-state index contributed by atoms with van der Waals surface area (Å²) in [6.45, 7) is 2.90. The number of ether oxygens (including phenoxy) is 3. The van der Waals surface area contributed by atoms with Gasteiger partial charge in [0.05, 0.1) is 13.2 Å². The third kappa shape index (κ3) is 3.10. The molecule has 0 amide bonds. The number of aromatic nitrogens is 1. The van der Waals surface area contributed by atoms with Gasteiger partial charge >= 0.3 is 11.9 Å². The van der Waals surface area contributed by atoms with Crippen LogP contribution in [0.4, 0.5) is 4.39 Å². The summed E-state index contributed by atoms with van der Waals surface area (Å²) in [5.74, 6) is -3.32. The molecule has 21 heavy (non-hydrogen) atoms. The third-order valence-electron chi connectivity index (χ3n) is 2.69. The summed E-state index contributed by atoms with van der Waals surface area (Å²) in [5, 5.41) is 0. The lowest BCUT2D eigenvalue weighted by Crippen LogP contribution is -2.49. The number of pyridine rings is 1. The highest BCUT2D eigenvalue weighted by atomic mass is 19.1. The first kappa shape index (κ1) is 16.8. The van der Waals surface area contributed by atoms with Gasteiger partial charge in [-0.1, -0.05) is 0 Å². The third-order valence-corrected chi connectivity index (χ3v) is 2.69. The van der Waals surface area contributed by atoms with Gasteiger partial charge in [-0.05, 0) is 13.8 Å². The second-order valence-electron chi connectivity index (χ2n) is 3.89. The zero-order valence-electron chi connectivity index (χ0n) is 11.9. The Bertz CT molecular complexity index is 564. The highest BCUT2D eigenvalue weighted by Gasteiger charge is 2.53. The number of methoxy groups -OCH3 is 1. The normalized spacial score (nSPS) is 11.0. The minimum atomic E-state index is -2.48. The average molecular weight is 301 g/mol. The number of hydrogen-bond acceptors (Lipinski definition) is 6. The van der Waals surface area contributed by atoms with Crippen molar-refractivity contribution in [3.63, 3.8) is 0 Å². The molecule has 1 aromatic rings. The average Bonchev–Trinajstić information content (AvgIpc) is 2.44. The van der Waals surface area contributed by atoms with E-state index in [-0.39, 0.29) is 13.2 Å². The van der Waals surface area contributed by atoms with Crippen LogP contribution in [0.1, 0.15) is 19.4 Å². The van der Waals surface area contributed by atoms with Gasteiger partial charge in [0.25, 0.3) is 5.60 Å². The molecular formula is C13H16FNO6. The van der Waals surface area contributed by atoms with E-state index in [9.17, 15) is 18.8 Å². The first-order valence-corrected chi connectivity index (χ1v) is 6.22. The molecule has 0 aliphatic heterocycles. The standard InChI is InChI=1S/C13H16FNO6/c1-4-20-11(17)13(19-3,12(18)21-5-2)8-6-10(16)15-7-9(8)14/h6-7H,4-5H2,1-3H3,(H,15,16). The first-order chi connectivity index (χ1) is 9.93. The van der Waals surface area contributed by atoms with Crippen molar-refractivity contribution in [3.05, 3.63) is 34.0 Å². The van der Waals surface area contributed by atoms with Crippen LogP contribution in [0, 0.1) is 5.82 Å². The summed E-state index contributed by atoms with van der Waals surface area (Å²) in [6.07, 6.45) is 0.726. The van der Waals surface area contributed by atoms with Gasteiger partial charge in [0.1, 0.15) is 5.82 Å². The molecule has 1 heterocycles. The van der Waals surface area contributed by atoms with Crippen molar-refractivity contribution < 1.29 is 28.2 Å². The molecular weight excluding hydrogens is 285 g/mol. The second-order valence-corrected chi connectivity index (χ2v) is 3.89. The number of esters is 2. The van der Waals surface area contributed by atoms with Crippen molar-refractivity contribution in [2.24, 2.45) is 0 Å². The summed E-state index contributed by atoms with van der Waals surface area (Å²) in [7, 11) is 1.02. The minimum Gasteiger partial charge on any atom is -0.463 e. The zero-order chi connectivity index (χ0) is 16.0. The number of aromatic amines is 1. The van der Waals surface area contributed by atoms with Crippen molar-refractivity contribution in [3.8, 4) is 0 Å². The SMILES string of the molecule is CCOC(=O)C(OC)(C(=O)OCC)c1cc(=O)[nH]cc1F. The lowest BCUT2D eigenvalue weighted by atomic mass is 9.93. The van der Waals surface area contributed by atoms with Gasteiger partial charge in [0.15, 0.2) is 0 Å². The molecule has 0 spiro atoms. The van der Waals surface area contributed by atoms with Gasteiger partial charge in [-0.15, -0.1) is 0 Å². The number of carbonyl (C=O) groups is 2. The Kier molecular flexibility index (Phi) is 5.60. The maximum atomic E-state index is 14.0. The molecule has 0 aliphatic rings. The predicted molar refractivity (Wildman–Crippen MR) is 69.0 cm³/mol. The van der Waals surface area contributed by atoms with E-state index in [0.717, 1.165) is 19.4 Å². The number of H-pyrrole nitrogens is 1. The molecule has 0 aliphatic carbocycles. The van der Waals surface area contributed by atoms with Crippen LogP contribution in [0.2, 0.25) is 0 Å². The van der Waals surface area contributed by atoms with Gasteiger partial charge in [-0.2, -0.15) is 0 Å². The van der Waals surface area contributed by atoms with Gasteiger partial charge in [0, 0.05) is 24.9 Å². The zero-order valence-corrected chi connectivity index (χ0v) is 11.9. The quantitative estimate of drug-likeness (QED) is 0.606. The molecule has 0 bridgehead atoms. The summed E-state index contributed by atoms with van der Waals surface area (Å²) in [4.78, 5) is 37.8. The van der Waals surface area contributed by atoms with Crippen molar-refractivity contribution in [1.82, 2.24) is 4.98 Å². The number of halogens is 1. The highest BCUT2D eigenvalue weighted by molar-refractivity contribution is 6.04. The fourth-order valence-corrected chi connectivity index (χ4v) is 1.77. The van der Waals surface area contributed by atoms with E-state index in [0.29, 0.717) is 0 Å². The van der Waals surface area contributed by atoms with E-state index in [2.05, 4.69) is 4.98 Å². The predicted octanol–water partition coefficient (Wildman–Crippen LogP) is 0.482. The van der Waals surface area contributed by atoms with E-state index in [1.165, 1.54) is 13.8 Å². The van der Waals surface area contributed by atoms with Gasteiger partial charge in [-0.25, -0.2) is 14.0 Å². The second kappa shape index (κ2) is 6.98. The van der Waals surface area contributed by atoms with Crippen molar-refractivity contribution in [2.45, 2.75) is 19.4 Å². The van der Waals surface area contributed by atoms with Crippen LogP contribution in [0.15, 0.2) is 17.1 Å². The molecule has 0 saturated carbocycles.